The highest BCUT2D eigenvalue weighted by Gasteiger charge is 2.17. The number of carboxylic acids is 1. The zero-order valence-corrected chi connectivity index (χ0v) is 13.1. The maximum absolute atomic E-state index is 13.6. The number of aliphatic carboxylic acids is 1. The lowest BCUT2D eigenvalue weighted by atomic mass is 9.92. The van der Waals surface area contributed by atoms with Crippen LogP contribution in [0.2, 0.25) is 0 Å². The van der Waals surface area contributed by atoms with Gasteiger partial charge in [0.25, 0.3) is 0 Å². The highest BCUT2D eigenvalue weighted by atomic mass is 79.9. The third-order valence-corrected chi connectivity index (χ3v) is 4.22. The molecule has 0 heterocycles. The third-order valence-electron chi connectivity index (χ3n) is 3.58. The SMILES string of the molecule is O=C(O)/C=C1/c2ccc(CBr)cc2C=Cc2ccc(F)cc21. The van der Waals surface area contributed by atoms with Crippen LogP contribution >= 0.6 is 15.9 Å². The van der Waals surface area contributed by atoms with E-state index in [1.165, 1.54) is 12.1 Å². The van der Waals surface area contributed by atoms with Crippen LogP contribution < -0.4 is 0 Å². The summed E-state index contributed by atoms with van der Waals surface area (Å²) in [5.74, 6) is -1.44. The molecule has 1 aliphatic rings. The van der Waals surface area contributed by atoms with E-state index in [0.29, 0.717) is 16.5 Å². The molecule has 1 aliphatic carbocycles. The second kappa shape index (κ2) is 5.89. The molecule has 22 heavy (non-hydrogen) atoms. The Kier molecular flexibility index (Phi) is 3.94. The van der Waals surface area contributed by atoms with E-state index in [2.05, 4.69) is 15.9 Å². The van der Waals surface area contributed by atoms with Gasteiger partial charge in [0.15, 0.2) is 0 Å². The van der Waals surface area contributed by atoms with Gasteiger partial charge < -0.3 is 5.11 Å². The minimum Gasteiger partial charge on any atom is -0.478 e. The van der Waals surface area contributed by atoms with Crippen molar-refractivity contribution in [3.63, 3.8) is 0 Å². The average molecular weight is 359 g/mol. The monoisotopic (exact) mass is 358 g/mol. The number of benzene rings is 2. The molecule has 3 rings (SSSR count). The van der Waals surface area contributed by atoms with Crippen molar-refractivity contribution in [3.8, 4) is 0 Å². The Morgan fingerprint density at radius 3 is 2.59 bits per heavy atom. The van der Waals surface area contributed by atoms with Crippen LogP contribution in [0.1, 0.15) is 27.8 Å². The van der Waals surface area contributed by atoms with E-state index in [0.717, 1.165) is 28.3 Å². The summed E-state index contributed by atoms with van der Waals surface area (Å²) in [6.07, 6.45) is 4.95. The number of carboxylic acid groups (broad SMARTS) is 1. The van der Waals surface area contributed by atoms with Gasteiger partial charge in [0.05, 0.1) is 0 Å². The van der Waals surface area contributed by atoms with E-state index < -0.39 is 5.97 Å². The summed E-state index contributed by atoms with van der Waals surface area (Å²) in [5.41, 5.74) is 4.70. The lowest BCUT2D eigenvalue weighted by molar-refractivity contribution is -0.131. The second-order valence-electron chi connectivity index (χ2n) is 5.02. The fraction of sp³-hybridized carbons (Fsp3) is 0.0556. The van der Waals surface area contributed by atoms with Gasteiger partial charge in [0, 0.05) is 11.4 Å². The Morgan fingerprint density at radius 1 is 1.09 bits per heavy atom. The predicted molar refractivity (Wildman–Crippen MR) is 89.1 cm³/mol. The molecule has 0 saturated carbocycles. The summed E-state index contributed by atoms with van der Waals surface area (Å²) in [4.78, 5) is 11.2. The number of fused-ring (bicyclic) bond motifs is 2. The van der Waals surface area contributed by atoms with Gasteiger partial charge in [-0.3, -0.25) is 0 Å². The molecule has 2 aromatic carbocycles. The summed E-state index contributed by atoms with van der Waals surface area (Å²) in [6, 6.07) is 10.2. The largest absolute Gasteiger partial charge is 0.478 e. The molecule has 0 spiro atoms. The summed E-state index contributed by atoms with van der Waals surface area (Å²) in [5, 5.41) is 9.90. The molecule has 2 aromatic rings. The first kappa shape index (κ1) is 14.7. The quantitative estimate of drug-likeness (QED) is 0.531. The number of hydrogen-bond acceptors (Lipinski definition) is 1. The highest BCUT2D eigenvalue weighted by Crippen LogP contribution is 2.34. The van der Waals surface area contributed by atoms with Gasteiger partial charge in [0.2, 0.25) is 0 Å². The van der Waals surface area contributed by atoms with Crippen molar-refractivity contribution >= 4 is 39.6 Å². The van der Waals surface area contributed by atoms with E-state index in [1.54, 1.807) is 6.07 Å². The molecule has 0 aromatic heterocycles. The zero-order chi connectivity index (χ0) is 15.7. The van der Waals surface area contributed by atoms with E-state index in [4.69, 9.17) is 0 Å². The molecule has 0 bridgehead atoms. The summed E-state index contributed by atoms with van der Waals surface area (Å²) in [7, 11) is 0. The molecular weight excluding hydrogens is 347 g/mol. The molecular formula is C18H12BrFO2. The van der Waals surface area contributed by atoms with Crippen LogP contribution in [-0.4, -0.2) is 11.1 Å². The molecule has 0 atom stereocenters. The van der Waals surface area contributed by atoms with Crippen molar-refractivity contribution in [2.24, 2.45) is 0 Å². The van der Waals surface area contributed by atoms with Gasteiger partial charge in [-0.2, -0.15) is 0 Å². The fourth-order valence-corrected chi connectivity index (χ4v) is 2.94. The van der Waals surface area contributed by atoms with Gasteiger partial charge >= 0.3 is 5.97 Å². The Balaban J connectivity index is 2.31. The molecule has 2 nitrogen and oxygen atoms in total. The minimum atomic E-state index is -1.05. The topological polar surface area (TPSA) is 37.3 Å². The van der Waals surface area contributed by atoms with Crippen LogP contribution in [0, 0.1) is 5.82 Å². The molecule has 0 aliphatic heterocycles. The predicted octanol–water partition coefficient (Wildman–Crippen LogP) is 4.72. The number of hydrogen-bond donors (Lipinski definition) is 1. The van der Waals surface area contributed by atoms with Crippen molar-refractivity contribution in [1.29, 1.82) is 0 Å². The zero-order valence-electron chi connectivity index (χ0n) is 11.5. The summed E-state index contributed by atoms with van der Waals surface area (Å²) >= 11 is 3.42. The first-order valence-corrected chi connectivity index (χ1v) is 7.82. The Morgan fingerprint density at radius 2 is 1.86 bits per heavy atom. The van der Waals surface area contributed by atoms with E-state index >= 15 is 0 Å². The molecule has 0 unspecified atom stereocenters. The number of halogens is 2. The number of rotatable bonds is 2. The summed E-state index contributed by atoms with van der Waals surface area (Å²) < 4.78 is 13.6. The minimum absolute atomic E-state index is 0.385. The van der Waals surface area contributed by atoms with Gasteiger partial charge in [-0.25, -0.2) is 9.18 Å². The molecule has 0 amide bonds. The first-order valence-electron chi connectivity index (χ1n) is 6.70. The van der Waals surface area contributed by atoms with Gasteiger partial charge in [-0.05, 0) is 45.5 Å². The van der Waals surface area contributed by atoms with Crippen molar-refractivity contribution in [1.82, 2.24) is 0 Å². The van der Waals surface area contributed by atoms with Gasteiger partial charge in [-0.15, -0.1) is 0 Å². The van der Waals surface area contributed by atoms with E-state index in [-0.39, 0.29) is 5.82 Å². The lowest BCUT2D eigenvalue weighted by Crippen LogP contribution is -1.98. The fourth-order valence-electron chi connectivity index (χ4n) is 2.59. The van der Waals surface area contributed by atoms with Gasteiger partial charge in [0.1, 0.15) is 5.82 Å². The molecule has 0 radical (unpaired) electrons. The van der Waals surface area contributed by atoms with E-state index in [1.807, 2.05) is 30.4 Å². The molecule has 0 saturated heterocycles. The van der Waals surface area contributed by atoms with Crippen LogP contribution in [0.4, 0.5) is 4.39 Å². The Bertz CT molecular complexity index is 822. The average Bonchev–Trinajstić information content (AvgIpc) is 2.64. The van der Waals surface area contributed by atoms with E-state index in [9.17, 15) is 14.3 Å². The summed E-state index contributed by atoms with van der Waals surface area (Å²) in [6.45, 7) is 0. The van der Waals surface area contributed by atoms with Crippen LogP contribution in [0.3, 0.4) is 0 Å². The maximum Gasteiger partial charge on any atom is 0.328 e. The second-order valence-corrected chi connectivity index (χ2v) is 5.58. The van der Waals surface area contributed by atoms with Crippen LogP contribution in [0.15, 0.2) is 42.5 Å². The standard InChI is InChI=1S/C18H12BrFO2/c19-10-11-1-6-15-13(7-11)3-2-12-4-5-14(20)8-16(12)17(15)9-18(21)22/h1-9H,10H2,(H,21,22)/b17-9-. The lowest BCUT2D eigenvalue weighted by Gasteiger charge is -2.12. The number of carbonyl (C=O) groups is 1. The Hall–Kier alpha value is -2.20. The van der Waals surface area contributed by atoms with Crippen molar-refractivity contribution in [2.45, 2.75) is 5.33 Å². The first-order chi connectivity index (χ1) is 10.6. The molecule has 0 fully saturated rings. The van der Waals surface area contributed by atoms with Crippen LogP contribution in [-0.2, 0) is 10.1 Å². The normalized spacial score (nSPS) is 14.4. The third kappa shape index (κ3) is 2.74. The van der Waals surface area contributed by atoms with Crippen molar-refractivity contribution in [2.75, 3.05) is 0 Å². The van der Waals surface area contributed by atoms with Crippen molar-refractivity contribution < 1.29 is 14.3 Å². The smallest absolute Gasteiger partial charge is 0.328 e. The van der Waals surface area contributed by atoms with Crippen LogP contribution in [0.25, 0.3) is 17.7 Å². The van der Waals surface area contributed by atoms with Gasteiger partial charge in [-0.1, -0.05) is 52.3 Å². The van der Waals surface area contributed by atoms with Crippen LogP contribution in [0.5, 0.6) is 0 Å². The molecule has 1 N–H and O–H groups in total. The molecule has 110 valence electrons. The molecule has 4 heteroatoms. The highest BCUT2D eigenvalue weighted by molar-refractivity contribution is 9.08. The van der Waals surface area contributed by atoms with Crippen molar-refractivity contribution in [3.05, 3.63) is 76.1 Å². The number of alkyl halides is 1. The Labute approximate surface area is 135 Å². The maximum atomic E-state index is 13.6.